The number of pyridine rings is 1. The molecule has 0 saturated heterocycles. The van der Waals surface area contributed by atoms with Crippen LogP contribution in [0.4, 0.5) is 11.5 Å². The normalized spacial score (nSPS) is 11.8. The van der Waals surface area contributed by atoms with Crippen molar-refractivity contribution in [1.29, 1.82) is 0 Å². The molecule has 1 aromatic carbocycles. The highest BCUT2D eigenvalue weighted by Gasteiger charge is 2.08. The van der Waals surface area contributed by atoms with E-state index in [4.69, 9.17) is 0 Å². The van der Waals surface area contributed by atoms with Crippen LogP contribution in [0.25, 0.3) is 0 Å². The topological polar surface area (TPSA) is 68.1 Å². The molecule has 0 aliphatic rings. The molecule has 1 heterocycles. The summed E-state index contributed by atoms with van der Waals surface area (Å²) >= 11 is 0. The van der Waals surface area contributed by atoms with Crippen molar-refractivity contribution >= 4 is 11.5 Å². The molecular formula is C14H15N3O2. The first-order chi connectivity index (χ1) is 9.16. The predicted octanol–water partition coefficient (Wildman–Crippen LogP) is 3.21. The van der Waals surface area contributed by atoms with Gasteiger partial charge in [-0.2, -0.15) is 0 Å². The molecule has 5 heteroatoms. The number of anilines is 1. The minimum absolute atomic E-state index is 0.0462. The Balaban J connectivity index is 1.99. The van der Waals surface area contributed by atoms with Crippen LogP contribution in [0, 0.1) is 10.1 Å². The monoisotopic (exact) mass is 257 g/mol. The fourth-order valence-electron chi connectivity index (χ4n) is 1.79. The Kier molecular flexibility index (Phi) is 4.07. The molecule has 0 aliphatic carbocycles. The number of nitrogens with one attached hydrogen (secondary N) is 1. The van der Waals surface area contributed by atoms with E-state index in [-0.39, 0.29) is 5.69 Å². The van der Waals surface area contributed by atoms with E-state index in [1.54, 1.807) is 0 Å². The van der Waals surface area contributed by atoms with Gasteiger partial charge in [0.15, 0.2) is 0 Å². The minimum atomic E-state index is -0.423. The lowest BCUT2D eigenvalue weighted by Gasteiger charge is -2.13. The van der Waals surface area contributed by atoms with Gasteiger partial charge in [-0.25, -0.2) is 4.98 Å². The van der Waals surface area contributed by atoms with E-state index >= 15 is 0 Å². The number of nitro groups is 1. The Morgan fingerprint density at radius 2 is 2.05 bits per heavy atom. The molecule has 1 unspecified atom stereocenters. The van der Waals surface area contributed by atoms with Gasteiger partial charge in [0.25, 0.3) is 5.69 Å². The Hall–Kier alpha value is -2.43. The highest BCUT2D eigenvalue weighted by molar-refractivity contribution is 5.44. The number of aromatic nitrogens is 1. The van der Waals surface area contributed by atoms with Crippen molar-refractivity contribution in [1.82, 2.24) is 4.98 Å². The third kappa shape index (κ3) is 3.51. The van der Waals surface area contributed by atoms with Gasteiger partial charge in [-0.1, -0.05) is 37.3 Å². The van der Waals surface area contributed by atoms with Crippen molar-refractivity contribution in [3.05, 3.63) is 64.3 Å². The minimum Gasteiger partial charge on any atom is -0.369 e. The fraction of sp³-hybridized carbons (Fsp3) is 0.214. The first-order valence-corrected chi connectivity index (χ1v) is 6.06. The van der Waals surface area contributed by atoms with Crippen molar-refractivity contribution in [3.8, 4) is 0 Å². The van der Waals surface area contributed by atoms with E-state index < -0.39 is 4.92 Å². The first kappa shape index (κ1) is 13.0. The second kappa shape index (κ2) is 5.95. The van der Waals surface area contributed by atoms with E-state index in [0.29, 0.717) is 18.3 Å². The van der Waals surface area contributed by atoms with Crippen LogP contribution in [0.5, 0.6) is 0 Å². The summed E-state index contributed by atoms with van der Waals surface area (Å²) in [4.78, 5) is 14.3. The third-order valence-corrected chi connectivity index (χ3v) is 2.91. The lowest BCUT2D eigenvalue weighted by atomic mass is 10.0. The van der Waals surface area contributed by atoms with Crippen LogP contribution in [0.1, 0.15) is 18.4 Å². The van der Waals surface area contributed by atoms with Crippen molar-refractivity contribution < 1.29 is 4.92 Å². The van der Waals surface area contributed by atoms with E-state index in [2.05, 4.69) is 29.4 Å². The molecule has 0 saturated carbocycles. The average Bonchev–Trinajstić information content (AvgIpc) is 2.46. The zero-order valence-electron chi connectivity index (χ0n) is 10.6. The van der Waals surface area contributed by atoms with Crippen LogP contribution < -0.4 is 5.32 Å². The largest absolute Gasteiger partial charge is 0.369 e. The molecule has 2 rings (SSSR count). The Labute approximate surface area is 111 Å². The molecule has 0 fully saturated rings. The Morgan fingerprint density at radius 3 is 2.74 bits per heavy atom. The molecule has 19 heavy (non-hydrogen) atoms. The SMILES string of the molecule is CC(CNc1cc([N+](=O)[O-])ccn1)c1ccccc1. The van der Waals surface area contributed by atoms with Crippen LogP contribution in [-0.2, 0) is 0 Å². The molecule has 0 amide bonds. The molecule has 1 aromatic heterocycles. The Morgan fingerprint density at radius 1 is 1.32 bits per heavy atom. The van der Waals surface area contributed by atoms with Gasteiger partial charge in [0.05, 0.1) is 11.0 Å². The fourth-order valence-corrected chi connectivity index (χ4v) is 1.79. The van der Waals surface area contributed by atoms with Gasteiger partial charge in [0.2, 0.25) is 0 Å². The zero-order chi connectivity index (χ0) is 13.7. The number of rotatable bonds is 5. The molecule has 1 N–H and O–H groups in total. The summed E-state index contributed by atoms with van der Waals surface area (Å²) in [5.74, 6) is 0.833. The average molecular weight is 257 g/mol. The summed E-state index contributed by atoms with van der Waals surface area (Å²) in [5.41, 5.74) is 1.27. The molecular weight excluding hydrogens is 242 g/mol. The summed E-state index contributed by atoms with van der Waals surface area (Å²) in [6.07, 6.45) is 1.44. The van der Waals surface area contributed by atoms with Crippen LogP contribution in [0.15, 0.2) is 48.7 Å². The van der Waals surface area contributed by atoms with Crippen LogP contribution in [0.2, 0.25) is 0 Å². The quantitative estimate of drug-likeness (QED) is 0.659. The first-order valence-electron chi connectivity index (χ1n) is 6.06. The number of hydrogen-bond donors (Lipinski definition) is 1. The van der Waals surface area contributed by atoms with Crippen LogP contribution >= 0.6 is 0 Å². The molecule has 2 aromatic rings. The van der Waals surface area contributed by atoms with E-state index in [1.807, 2.05) is 18.2 Å². The summed E-state index contributed by atoms with van der Waals surface area (Å²) in [7, 11) is 0. The summed E-state index contributed by atoms with van der Waals surface area (Å²) in [6.45, 7) is 2.78. The van der Waals surface area contributed by atoms with Crippen molar-refractivity contribution in [2.45, 2.75) is 12.8 Å². The van der Waals surface area contributed by atoms with Crippen molar-refractivity contribution in [3.63, 3.8) is 0 Å². The molecule has 0 radical (unpaired) electrons. The van der Waals surface area contributed by atoms with Crippen molar-refractivity contribution in [2.75, 3.05) is 11.9 Å². The van der Waals surface area contributed by atoms with Gasteiger partial charge in [-0.15, -0.1) is 0 Å². The molecule has 5 nitrogen and oxygen atoms in total. The van der Waals surface area contributed by atoms with Crippen LogP contribution in [-0.4, -0.2) is 16.5 Å². The third-order valence-electron chi connectivity index (χ3n) is 2.91. The second-order valence-electron chi connectivity index (χ2n) is 4.35. The highest BCUT2D eigenvalue weighted by atomic mass is 16.6. The van der Waals surface area contributed by atoms with Gasteiger partial charge >= 0.3 is 0 Å². The van der Waals surface area contributed by atoms with E-state index in [1.165, 1.54) is 23.9 Å². The van der Waals surface area contributed by atoms with E-state index in [0.717, 1.165) is 0 Å². The molecule has 0 spiro atoms. The number of benzene rings is 1. The van der Waals surface area contributed by atoms with Crippen LogP contribution in [0.3, 0.4) is 0 Å². The van der Waals surface area contributed by atoms with E-state index in [9.17, 15) is 10.1 Å². The summed E-state index contributed by atoms with van der Waals surface area (Å²) in [5, 5.41) is 13.8. The lowest BCUT2D eigenvalue weighted by molar-refractivity contribution is -0.384. The number of nitrogens with zero attached hydrogens (tertiary/aromatic N) is 2. The second-order valence-corrected chi connectivity index (χ2v) is 4.35. The maximum atomic E-state index is 10.7. The predicted molar refractivity (Wildman–Crippen MR) is 74.2 cm³/mol. The maximum Gasteiger partial charge on any atom is 0.274 e. The molecule has 0 aliphatic heterocycles. The molecule has 1 atom stereocenters. The number of hydrogen-bond acceptors (Lipinski definition) is 4. The summed E-state index contributed by atoms with van der Waals surface area (Å²) in [6, 6.07) is 12.9. The summed E-state index contributed by atoms with van der Waals surface area (Å²) < 4.78 is 0. The van der Waals surface area contributed by atoms with Gasteiger partial charge in [0.1, 0.15) is 5.82 Å². The van der Waals surface area contributed by atoms with Gasteiger partial charge in [-0.05, 0) is 11.5 Å². The standard InChI is InChI=1S/C14H15N3O2/c1-11(12-5-3-2-4-6-12)10-16-14-9-13(17(18)19)7-8-15-14/h2-9,11H,10H2,1H3,(H,15,16). The lowest BCUT2D eigenvalue weighted by Crippen LogP contribution is -2.10. The smallest absolute Gasteiger partial charge is 0.274 e. The maximum absolute atomic E-state index is 10.7. The van der Waals surface area contributed by atoms with Gasteiger partial charge < -0.3 is 5.32 Å². The molecule has 0 bridgehead atoms. The molecule has 98 valence electrons. The Bertz CT molecular complexity index is 558. The highest BCUT2D eigenvalue weighted by Crippen LogP contribution is 2.17. The van der Waals surface area contributed by atoms with Crippen molar-refractivity contribution in [2.24, 2.45) is 0 Å². The zero-order valence-corrected chi connectivity index (χ0v) is 10.6. The van der Waals surface area contributed by atoms with Gasteiger partial charge in [0, 0.05) is 18.8 Å². The van der Waals surface area contributed by atoms with Gasteiger partial charge in [-0.3, -0.25) is 10.1 Å².